The lowest BCUT2D eigenvalue weighted by Crippen LogP contribution is -2.25. The Hall–Kier alpha value is -1.75. The van der Waals surface area contributed by atoms with E-state index >= 15 is 0 Å². The van der Waals surface area contributed by atoms with Crippen LogP contribution in [0, 0.1) is 13.8 Å². The van der Waals surface area contributed by atoms with Crippen LogP contribution in [-0.2, 0) is 20.1 Å². The van der Waals surface area contributed by atoms with Crippen molar-refractivity contribution in [2.75, 3.05) is 11.9 Å². The number of aryl methyl sites for hydroxylation is 3. The molecule has 116 valence electrons. The first-order chi connectivity index (χ1) is 9.90. The third-order valence-corrected chi connectivity index (χ3v) is 3.74. The van der Waals surface area contributed by atoms with Gasteiger partial charge in [0.1, 0.15) is 11.6 Å². The molecular formula is C16H26N4O. The van der Waals surface area contributed by atoms with Crippen molar-refractivity contribution in [3.63, 3.8) is 0 Å². The van der Waals surface area contributed by atoms with E-state index in [1.54, 1.807) is 6.26 Å². The zero-order valence-corrected chi connectivity index (χ0v) is 13.9. The van der Waals surface area contributed by atoms with Gasteiger partial charge in [-0.2, -0.15) is 5.10 Å². The van der Waals surface area contributed by atoms with Gasteiger partial charge in [0.05, 0.1) is 12.0 Å². The van der Waals surface area contributed by atoms with Gasteiger partial charge < -0.3 is 14.6 Å². The summed E-state index contributed by atoms with van der Waals surface area (Å²) in [7, 11) is 4.10. The first-order valence-corrected chi connectivity index (χ1v) is 7.40. The molecule has 2 rings (SSSR count). The molecule has 0 amide bonds. The average Bonchev–Trinajstić information content (AvgIpc) is 2.90. The third-order valence-electron chi connectivity index (χ3n) is 3.74. The Morgan fingerprint density at radius 2 is 2.10 bits per heavy atom. The summed E-state index contributed by atoms with van der Waals surface area (Å²) in [6.45, 7) is 10.0. The number of hydrogen-bond donors (Lipinski definition) is 1. The molecular weight excluding hydrogens is 264 g/mol. The van der Waals surface area contributed by atoms with Gasteiger partial charge in [0.2, 0.25) is 0 Å². The number of rotatable bonds is 6. The standard InChI is InChI=1S/C16H26N4O/c1-11(2)17-9-15-12(3)18-20(6)16(15)19(5)10-14-7-8-21-13(14)4/h7-8,11,17H,9-10H2,1-6H3. The van der Waals surface area contributed by atoms with Gasteiger partial charge in [0.15, 0.2) is 0 Å². The van der Waals surface area contributed by atoms with Crippen LogP contribution in [0.5, 0.6) is 0 Å². The van der Waals surface area contributed by atoms with Crippen LogP contribution >= 0.6 is 0 Å². The topological polar surface area (TPSA) is 46.2 Å². The van der Waals surface area contributed by atoms with Crippen molar-refractivity contribution in [3.8, 4) is 0 Å². The fraction of sp³-hybridized carbons (Fsp3) is 0.562. The molecule has 0 atom stereocenters. The van der Waals surface area contributed by atoms with Gasteiger partial charge in [-0.05, 0) is 19.9 Å². The fourth-order valence-electron chi connectivity index (χ4n) is 2.59. The number of nitrogens with one attached hydrogen (secondary N) is 1. The second-order valence-corrected chi connectivity index (χ2v) is 5.90. The second kappa shape index (κ2) is 6.35. The molecule has 0 saturated heterocycles. The molecule has 21 heavy (non-hydrogen) atoms. The summed E-state index contributed by atoms with van der Waals surface area (Å²) >= 11 is 0. The lowest BCUT2D eigenvalue weighted by atomic mass is 10.2. The highest BCUT2D eigenvalue weighted by molar-refractivity contribution is 5.50. The number of hydrogen-bond acceptors (Lipinski definition) is 4. The smallest absolute Gasteiger partial charge is 0.131 e. The average molecular weight is 290 g/mol. The summed E-state index contributed by atoms with van der Waals surface area (Å²) in [5.41, 5.74) is 3.55. The molecule has 2 aromatic heterocycles. The summed E-state index contributed by atoms with van der Waals surface area (Å²) in [6.07, 6.45) is 1.74. The Morgan fingerprint density at radius 3 is 2.67 bits per heavy atom. The predicted octanol–water partition coefficient (Wildman–Crippen LogP) is 2.76. The van der Waals surface area contributed by atoms with E-state index in [9.17, 15) is 0 Å². The Kier molecular flexibility index (Phi) is 4.73. The van der Waals surface area contributed by atoms with Crippen LogP contribution in [0.4, 0.5) is 5.82 Å². The fourth-order valence-corrected chi connectivity index (χ4v) is 2.59. The first-order valence-electron chi connectivity index (χ1n) is 7.40. The molecule has 2 heterocycles. The molecule has 0 radical (unpaired) electrons. The lowest BCUT2D eigenvalue weighted by molar-refractivity contribution is 0.529. The predicted molar refractivity (Wildman–Crippen MR) is 85.5 cm³/mol. The van der Waals surface area contributed by atoms with Crippen LogP contribution in [0.15, 0.2) is 16.7 Å². The highest BCUT2D eigenvalue weighted by atomic mass is 16.3. The third kappa shape index (κ3) is 3.47. The van der Waals surface area contributed by atoms with Crippen LogP contribution in [0.2, 0.25) is 0 Å². The van der Waals surface area contributed by atoms with Crippen molar-refractivity contribution >= 4 is 5.82 Å². The molecule has 0 aliphatic heterocycles. The molecule has 2 aromatic rings. The summed E-state index contributed by atoms with van der Waals surface area (Å²) in [5.74, 6) is 2.13. The van der Waals surface area contributed by atoms with Crippen LogP contribution < -0.4 is 10.2 Å². The number of aromatic nitrogens is 2. The van der Waals surface area contributed by atoms with E-state index in [0.717, 1.165) is 30.4 Å². The number of nitrogens with zero attached hydrogens (tertiary/aromatic N) is 3. The lowest BCUT2D eigenvalue weighted by Gasteiger charge is -2.21. The molecule has 0 bridgehead atoms. The largest absolute Gasteiger partial charge is 0.469 e. The quantitative estimate of drug-likeness (QED) is 0.888. The molecule has 5 nitrogen and oxygen atoms in total. The molecule has 1 N–H and O–H groups in total. The van der Waals surface area contributed by atoms with Crippen molar-refractivity contribution < 1.29 is 4.42 Å². The van der Waals surface area contributed by atoms with Gasteiger partial charge in [0.25, 0.3) is 0 Å². The second-order valence-electron chi connectivity index (χ2n) is 5.90. The summed E-state index contributed by atoms with van der Waals surface area (Å²) < 4.78 is 7.34. The zero-order chi connectivity index (χ0) is 15.6. The van der Waals surface area contributed by atoms with Gasteiger partial charge in [0, 0.05) is 44.4 Å². The van der Waals surface area contributed by atoms with Gasteiger partial charge in [-0.1, -0.05) is 13.8 Å². The van der Waals surface area contributed by atoms with E-state index in [0.29, 0.717) is 6.04 Å². The minimum atomic E-state index is 0.457. The van der Waals surface area contributed by atoms with Crippen LogP contribution in [-0.4, -0.2) is 22.9 Å². The first kappa shape index (κ1) is 15.6. The van der Waals surface area contributed by atoms with Crippen molar-refractivity contribution in [1.82, 2.24) is 15.1 Å². The Morgan fingerprint density at radius 1 is 1.38 bits per heavy atom. The summed E-state index contributed by atoms with van der Waals surface area (Å²) in [6, 6.07) is 2.49. The van der Waals surface area contributed by atoms with Gasteiger partial charge in [-0.3, -0.25) is 4.68 Å². The maximum absolute atomic E-state index is 5.38. The summed E-state index contributed by atoms with van der Waals surface area (Å²) in [5, 5.41) is 8.06. The Labute approximate surface area is 126 Å². The summed E-state index contributed by atoms with van der Waals surface area (Å²) in [4.78, 5) is 2.23. The monoisotopic (exact) mass is 290 g/mol. The number of furan rings is 1. The SMILES string of the molecule is Cc1nn(C)c(N(C)Cc2ccoc2C)c1CNC(C)C. The minimum absolute atomic E-state index is 0.457. The Balaban J connectivity index is 2.23. The molecule has 0 aromatic carbocycles. The van der Waals surface area contributed by atoms with Gasteiger partial charge in [-0.15, -0.1) is 0 Å². The van der Waals surface area contributed by atoms with E-state index in [-0.39, 0.29) is 0 Å². The maximum atomic E-state index is 5.38. The highest BCUT2D eigenvalue weighted by Crippen LogP contribution is 2.24. The molecule has 0 fully saturated rings. The molecule has 0 unspecified atom stereocenters. The molecule has 0 aliphatic carbocycles. The van der Waals surface area contributed by atoms with Gasteiger partial charge in [-0.25, -0.2) is 0 Å². The van der Waals surface area contributed by atoms with Crippen LogP contribution in [0.25, 0.3) is 0 Å². The van der Waals surface area contributed by atoms with E-state index in [1.807, 2.05) is 24.7 Å². The van der Waals surface area contributed by atoms with Crippen molar-refractivity contribution in [2.24, 2.45) is 7.05 Å². The Bertz CT molecular complexity index is 597. The van der Waals surface area contributed by atoms with Crippen LogP contribution in [0.3, 0.4) is 0 Å². The van der Waals surface area contributed by atoms with Gasteiger partial charge >= 0.3 is 0 Å². The molecule has 0 saturated carbocycles. The van der Waals surface area contributed by atoms with Crippen LogP contribution in [0.1, 0.15) is 36.4 Å². The van der Waals surface area contributed by atoms with Crippen molar-refractivity contribution in [1.29, 1.82) is 0 Å². The van der Waals surface area contributed by atoms with E-state index in [4.69, 9.17) is 4.42 Å². The molecule has 0 spiro atoms. The minimum Gasteiger partial charge on any atom is -0.469 e. The maximum Gasteiger partial charge on any atom is 0.131 e. The highest BCUT2D eigenvalue weighted by Gasteiger charge is 2.18. The molecule has 0 aliphatic rings. The van der Waals surface area contributed by atoms with E-state index in [1.165, 1.54) is 11.1 Å². The zero-order valence-electron chi connectivity index (χ0n) is 13.9. The van der Waals surface area contributed by atoms with E-state index in [2.05, 4.69) is 43.1 Å². The van der Waals surface area contributed by atoms with Crippen molar-refractivity contribution in [2.45, 2.75) is 46.8 Å². The van der Waals surface area contributed by atoms with E-state index < -0.39 is 0 Å². The normalized spacial score (nSPS) is 11.4. The number of anilines is 1. The molecule has 5 heteroatoms. The van der Waals surface area contributed by atoms with Crippen molar-refractivity contribution in [3.05, 3.63) is 34.9 Å².